The van der Waals surface area contributed by atoms with Gasteiger partial charge in [-0.3, -0.25) is 4.79 Å². The molecule has 0 saturated heterocycles. The Labute approximate surface area is 152 Å². The molecule has 2 aromatic carbocycles. The Hall–Kier alpha value is -2.76. The fourth-order valence-electron chi connectivity index (χ4n) is 3.35. The van der Waals surface area contributed by atoms with Crippen molar-refractivity contribution in [2.75, 3.05) is 26.6 Å². The number of amides is 1. The maximum Gasteiger partial charge on any atom is 0.235 e. The van der Waals surface area contributed by atoms with Crippen LogP contribution in [0.3, 0.4) is 0 Å². The molecule has 1 amide bonds. The van der Waals surface area contributed by atoms with E-state index in [-0.39, 0.29) is 11.7 Å². The molecule has 0 unspecified atom stereocenters. The third-order valence-corrected chi connectivity index (χ3v) is 4.96. The van der Waals surface area contributed by atoms with Gasteiger partial charge in [-0.2, -0.15) is 0 Å². The van der Waals surface area contributed by atoms with Crippen molar-refractivity contribution in [1.82, 2.24) is 0 Å². The predicted molar refractivity (Wildman–Crippen MR) is 96.7 cm³/mol. The van der Waals surface area contributed by atoms with Crippen molar-refractivity contribution in [3.05, 3.63) is 47.8 Å². The molecule has 26 heavy (non-hydrogen) atoms. The number of anilines is 1. The van der Waals surface area contributed by atoms with Gasteiger partial charge in [-0.15, -0.1) is 0 Å². The second-order valence-corrected chi connectivity index (χ2v) is 6.31. The maximum atomic E-state index is 13.2. The van der Waals surface area contributed by atoms with Crippen molar-refractivity contribution in [2.45, 2.75) is 24.7 Å². The number of carbonyl (C=O) groups excluding carboxylic acids is 1. The highest BCUT2D eigenvalue weighted by atomic mass is 19.1. The number of hydrogen-bond acceptors (Lipinski definition) is 4. The molecule has 5 nitrogen and oxygen atoms in total. The van der Waals surface area contributed by atoms with Crippen LogP contribution < -0.4 is 19.5 Å². The first kappa shape index (κ1) is 18.0. The standard InChI is InChI=1S/C20H22FNO4/c1-24-16-11-15(12-17(25-2)18(16)26-3)22-19(23)20(9-4-10-20)13-5-7-14(21)8-6-13/h5-8,11-12H,4,9-10H2,1-3H3,(H,22,23). The van der Waals surface area contributed by atoms with E-state index in [9.17, 15) is 9.18 Å². The van der Waals surface area contributed by atoms with E-state index in [1.54, 1.807) is 24.3 Å². The lowest BCUT2D eigenvalue weighted by Crippen LogP contribution is -2.46. The summed E-state index contributed by atoms with van der Waals surface area (Å²) >= 11 is 0. The van der Waals surface area contributed by atoms with Crippen LogP contribution in [0.5, 0.6) is 17.2 Å². The molecule has 1 aliphatic rings. The molecule has 1 fully saturated rings. The van der Waals surface area contributed by atoms with E-state index in [0.29, 0.717) is 22.9 Å². The summed E-state index contributed by atoms with van der Waals surface area (Å²) in [4.78, 5) is 13.0. The van der Waals surface area contributed by atoms with Gasteiger partial charge in [0.05, 0.1) is 26.7 Å². The molecule has 0 spiro atoms. The number of hydrogen-bond donors (Lipinski definition) is 1. The quantitative estimate of drug-likeness (QED) is 0.850. The first-order chi connectivity index (χ1) is 12.5. The highest BCUT2D eigenvalue weighted by molar-refractivity contribution is 6.00. The number of benzene rings is 2. The lowest BCUT2D eigenvalue weighted by molar-refractivity contribution is -0.124. The minimum atomic E-state index is -0.631. The first-order valence-corrected chi connectivity index (χ1v) is 8.41. The second-order valence-electron chi connectivity index (χ2n) is 6.31. The predicted octanol–water partition coefficient (Wildman–Crippen LogP) is 3.91. The second kappa shape index (κ2) is 7.23. The Kier molecular flexibility index (Phi) is 5.02. The lowest BCUT2D eigenvalue weighted by atomic mass is 9.64. The number of nitrogens with one attached hydrogen (secondary N) is 1. The largest absolute Gasteiger partial charge is 0.493 e. The van der Waals surface area contributed by atoms with E-state index in [0.717, 1.165) is 24.8 Å². The van der Waals surface area contributed by atoms with Gasteiger partial charge in [0, 0.05) is 17.8 Å². The van der Waals surface area contributed by atoms with Gasteiger partial charge < -0.3 is 19.5 Å². The van der Waals surface area contributed by atoms with Crippen molar-refractivity contribution < 1.29 is 23.4 Å². The van der Waals surface area contributed by atoms with Gasteiger partial charge in [-0.1, -0.05) is 18.6 Å². The average molecular weight is 359 g/mol. The summed E-state index contributed by atoms with van der Waals surface area (Å²) < 4.78 is 29.2. The van der Waals surface area contributed by atoms with Crippen molar-refractivity contribution in [3.63, 3.8) is 0 Å². The zero-order chi connectivity index (χ0) is 18.7. The molecule has 138 valence electrons. The molecule has 1 N–H and O–H groups in total. The summed E-state index contributed by atoms with van der Waals surface area (Å²) in [6.07, 6.45) is 2.42. The van der Waals surface area contributed by atoms with Gasteiger partial charge in [0.1, 0.15) is 5.82 Å². The maximum absolute atomic E-state index is 13.2. The number of methoxy groups -OCH3 is 3. The molecule has 2 aromatic rings. The van der Waals surface area contributed by atoms with Crippen molar-refractivity contribution >= 4 is 11.6 Å². The molecule has 0 radical (unpaired) electrons. The Bertz CT molecular complexity index is 775. The zero-order valence-corrected chi connectivity index (χ0v) is 15.1. The van der Waals surface area contributed by atoms with Crippen molar-refractivity contribution in [2.24, 2.45) is 0 Å². The normalized spacial score (nSPS) is 14.9. The van der Waals surface area contributed by atoms with Crippen LogP contribution in [0.1, 0.15) is 24.8 Å². The highest BCUT2D eigenvalue weighted by Gasteiger charge is 2.45. The van der Waals surface area contributed by atoms with Crippen molar-refractivity contribution in [1.29, 1.82) is 0 Å². The van der Waals surface area contributed by atoms with Gasteiger partial charge >= 0.3 is 0 Å². The van der Waals surface area contributed by atoms with Crippen LogP contribution in [0, 0.1) is 5.82 Å². The monoisotopic (exact) mass is 359 g/mol. The zero-order valence-electron chi connectivity index (χ0n) is 15.1. The Morgan fingerprint density at radius 2 is 1.58 bits per heavy atom. The number of rotatable bonds is 6. The Balaban J connectivity index is 1.90. The van der Waals surface area contributed by atoms with Gasteiger partial charge in [0.2, 0.25) is 11.7 Å². The molecule has 1 saturated carbocycles. The number of carbonyl (C=O) groups is 1. The molecule has 0 aromatic heterocycles. The van der Waals surface area contributed by atoms with Crippen LogP contribution >= 0.6 is 0 Å². The molecule has 0 heterocycles. The van der Waals surface area contributed by atoms with Crippen LogP contribution in [0.4, 0.5) is 10.1 Å². The smallest absolute Gasteiger partial charge is 0.235 e. The van der Waals surface area contributed by atoms with Crippen molar-refractivity contribution in [3.8, 4) is 17.2 Å². The van der Waals surface area contributed by atoms with E-state index >= 15 is 0 Å². The Morgan fingerprint density at radius 1 is 1.00 bits per heavy atom. The number of halogens is 1. The average Bonchev–Trinajstić information content (AvgIpc) is 2.61. The SMILES string of the molecule is COc1cc(NC(=O)C2(c3ccc(F)cc3)CCC2)cc(OC)c1OC. The van der Waals surface area contributed by atoms with Gasteiger partial charge in [-0.05, 0) is 30.5 Å². The van der Waals surface area contributed by atoms with Crippen LogP contribution in [0.15, 0.2) is 36.4 Å². The minimum absolute atomic E-state index is 0.121. The van der Waals surface area contributed by atoms with E-state index in [2.05, 4.69) is 5.32 Å². The number of ether oxygens (including phenoxy) is 3. The van der Waals surface area contributed by atoms with E-state index in [1.807, 2.05) is 0 Å². The summed E-state index contributed by atoms with van der Waals surface area (Å²) in [7, 11) is 4.57. The summed E-state index contributed by atoms with van der Waals surface area (Å²) in [5, 5.41) is 2.95. The van der Waals surface area contributed by atoms with Gasteiger partial charge in [0.15, 0.2) is 11.5 Å². The summed E-state index contributed by atoms with van der Waals surface area (Å²) in [6.45, 7) is 0. The molecule has 0 aliphatic heterocycles. The Morgan fingerprint density at radius 3 is 2.00 bits per heavy atom. The summed E-state index contributed by atoms with van der Waals surface area (Å²) in [6, 6.07) is 9.53. The molecule has 0 atom stereocenters. The highest BCUT2D eigenvalue weighted by Crippen LogP contribution is 2.45. The van der Waals surface area contributed by atoms with E-state index in [4.69, 9.17) is 14.2 Å². The third kappa shape index (κ3) is 3.07. The molecular formula is C20H22FNO4. The first-order valence-electron chi connectivity index (χ1n) is 8.41. The van der Waals surface area contributed by atoms with Crippen LogP contribution in [-0.4, -0.2) is 27.2 Å². The fraction of sp³-hybridized carbons (Fsp3) is 0.350. The third-order valence-electron chi connectivity index (χ3n) is 4.96. The molecule has 3 rings (SSSR count). The van der Waals surface area contributed by atoms with Crippen LogP contribution in [0.2, 0.25) is 0 Å². The summed E-state index contributed by atoms with van der Waals surface area (Å²) in [5.41, 5.74) is 0.752. The topological polar surface area (TPSA) is 56.8 Å². The van der Waals surface area contributed by atoms with Crippen LogP contribution in [-0.2, 0) is 10.2 Å². The molecule has 0 bridgehead atoms. The molecular weight excluding hydrogens is 337 g/mol. The van der Waals surface area contributed by atoms with Crippen LogP contribution in [0.25, 0.3) is 0 Å². The fourth-order valence-corrected chi connectivity index (χ4v) is 3.35. The lowest BCUT2D eigenvalue weighted by Gasteiger charge is -2.40. The van der Waals surface area contributed by atoms with Gasteiger partial charge in [-0.25, -0.2) is 4.39 Å². The minimum Gasteiger partial charge on any atom is -0.493 e. The molecule has 6 heteroatoms. The molecule has 1 aliphatic carbocycles. The van der Waals surface area contributed by atoms with E-state index in [1.165, 1.54) is 33.5 Å². The summed E-state index contributed by atoms with van der Waals surface area (Å²) in [5.74, 6) is 0.959. The van der Waals surface area contributed by atoms with E-state index < -0.39 is 5.41 Å². The van der Waals surface area contributed by atoms with Gasteiger partial charge in [0.25, 0.3) is 0 Å².